The first-order valence-electron chi connectivity index (χ1n) is 5.76. The number of anilines is 2. The van der Waals surface area contributed by atoms with Gasteiger partial charge in [-0.25, -0.2) is 0 Å². The van der Waals surface area contributed by atoms with Crippen LogP contribution in [0.3, 0.4) is 0 Å². The number of carbonyl (C=O) groups is 1. The summed E-state index contributed by atoms with van der Waals surface area (Å²) >= 11 is 22.7. The van der Waals surface area contributed by atoms with E-state index in [9.17, 15) is 4.79 Å². The zero-order valence-corrected chi connectivity index (χ0v) is 14.0. The summed E-state index contributed by atoms with van der Waals surface area (Å²) in [7, 11) is 1.83. The van der Waals surface area contributed by atoms with Gasteiger partial charge < -0.3 is 10.6 Å². The lowest BCUT2D eigenvalue weighted by molar-refractivity contribution is -0.105. The van der Waals surface area contributed by atoms with Crippen LogP contribution in [0.4, 0.5) is 11.4 Å². The lowest BCUT2D eigenvalue weighted by atomic mass is 10.3. The Hall–Kier alpha value is -1.13. The standard InChI is InChI=1S/C7H5Cl2NO.C7H7Cl2N/c8-6-2-1-5(10-4-11)3-7(6)9;1-10-5-2-3-6(8)7(9)4-5/h1-4H,(H,10,11);2-4,10H,1H3. The van der Waals surface area contributed by atoms with Crippen LogP contribution in [-0.4, -0.2) is 13.5 Å². The molecule has 0 atom stereocenters. The maximum atomic E-state index is 9.98. The first kappa shape index (κ1) is 17.9. The predicted octanol–water partition coefficient (Wildman–Crippen LogP) is 5.60. The summed E-state index contributed by atoms with van der Waals surface area (Å²) in [6.07, 6.45) is 0.583. The molecular formula is C14H12Cl4N2O. The topological polar surface area (TPSA) is 41.1 Å². The van der Waals surface area contributed by atoms with Crippen LogP contribution < -0.4 is 10.6 Å². The van der Waals surface area contributed by atoms with Crippen molar-refractivity contribution in [2.75, 3.05) is 17.7 Å². The number of amides is 1. The second-order valence-electron chi connectivity index (χ2n) is 3.77. The average Bonchev–Trinajstić information content (AvgIpc) is 2.47. The molecule has 112 valence electrons. The molecule has 1 amide bonds. The van der Waals surface area contributed by atoms with Crippen molar-refractivity contribution in [3.05, 3.63) is 56.5 Å². The molecule has 2 aromatic rings. The molecular weight excluding hydrogens is 354 g/mol. The largest absolute Gasteiger partial charge is 0.388 e. The average molecular weight is 366 g/mol. The molecule has 0 heterocycles. The van der Waals surface area contributed by atoms with Crippen molar-refractivity contribution in [1.82, 2.24) is 0 Å². The van der Waals surface area contributed by atoms with E-state index >= 15 is 0 Å². The Balaban J connectivity index is 0.000000211. The molecule has 0 aliphatic carbocycles. The van der Waals surface area contributed by atoms with Crippen LogP contribution in [0.5, 0.6) is 0 Å². The molecule has 0 fully saturated rings. The highest BCUT2D eigenvalue weighted by atomic mass is 35.5. The van der Waals surface area contributed by atoms with Gasteiger partial charge in [0.15, 0.2) is 0 Å². The summed E-state index contributed by atoms with van der Waals surface area (Å²) in [6.45, 7) is 0. The Morgan fingerprint density at radius 1 is 0.810 bits per heavy atom. The van der Waals surface area contributed by atoms with Gasteiger partial charge in [0, 0.05) is 18.4 Å². The van der Waals surface area contributed by atoms with E-state index in [1.807, 2.05) is 13.1 Å². The third-order valence-corrected chi connectivity index (χ3v) is 3.83. The van der Waals surface area contributed by atoms with Gasteiger partial charge in [-0.1, -0.05) is 46.4 Å². The maximum absolute atomic E-state index is 9.98. The highest BCUT2D eigenvalue weighted by Crippen LogP contribution is 2.25. The zero-order valence-electron chi connectivity index (χ0n) is 11.0. The minimum Gasteiger partial charge on any atom is -0.388 e. The van der Waals surface area contributed by atoms with Crippen molar-refractivity contribution in [1.29, 1.82) is 0 Å². The van der Waals surface area contributed by atoms with Crippen molar-refractivity contribution < 1.29 is 4.79 Å². The molecule has 2 aromatic carbocycles. The van der Waals surface area contributed by atoms with Crippen LogP contribution >= 0.6 is 46.4 Å². The van der Waals surface area contributed by atoms with Gasteiger partial charge >= 0.3 is 0 Å². The smallest absolute Gasteiger partial charge is 0.211 e. The Morgan fingerprint density at radius 3 is 1.71 bits per heavy atom. The molecule has 2 rings (SSSR count). The van der Waals surface area contributed by atoms with E-state index in [2.05, 4.69) is 10.6 Å². The fourth-order valence-electron chi connectivity index (χ4n) is 1.31. The highest BCUT2D eigenvalue weighted by molar-refractivity contribution is 6.42. The summed E-state index contributed by atoms with van der Waals surface area (Å²) in [6, 6.07) is 10.3. The summed E-state index contributed by atoms with van der Waals surface area (Å²) in [5.41, 5.74) is 1.60. The maximum Gasteiger partial charge on any atom is 0.211 e. The quantitative estimate of drug-likeness (QED) is 0.695. The summed E-state index contributed by atoms with van der Waals surface area (Å²) in [5, 5.41) is 7.47. The van der Waals surface area contributed by atoms with Crippen LogP contribution in [0.15, 0.2) is 36.4 Å². The number of carbonyl (C=O) groups excluding carboxylic acids is 1. The van der Waals surface area contributed by atoms with Crippen molar-refractivity contribution in [2.45, 2.75) is 0 Å². The molecule has 0 bridgehead atoms. The lowest BCUT2D eigenvalue weighted by Gasteiger charge is -2.00. The van der Waals surface area contributed by atoms with Gasteiger partial charge in [0.1, 0.15) is 0 Å². The zero-order chi connectivity index (χ0) is 15.8. The minimum atomic E-state index is 0.429. The van der Waals surface area contributed by atoms with Crippen LogP contribution in [0, 0.1) is 0 Å². The number of hydrogen-bond acceptors (Lipinski definition) is 2. The molecule has 0 saturated carbocycles. The fourth-order valence-corrected chi connectivity index (χ4v) is 1.90. The Bertz CT molecular complexity index is 620. The van der Waals surface area contributed by atoms with E-state index in [1.54, 1.807) is 30.3 Å². The van der Waals surface area contributed by atoms with Gasteiger partial charge in [-0.05, 0) is 36.4 Å². The molecule has 0 spiro atoms. The molecule has 0 aliphatic rings. The van der Waals surface area contributed by atoms with Gasteiger partial charge in [0.2, 0.25) is 6.41 Å². The van der Waals surface area contributed by atoms with Crippen LogP contribution in [0.1, 0.15) is 0 Å². The first-order valence-corrected chi connectivity index (χ1v) is 7.27. The molecule has 0 saturated heterocycles. The SMILES string of the molecule is CNc1ccc(Cl)c(Cl)c1.O=CNc1ccc(Cl)c(Cl)c1. The minimum absolute atomic E-state index is 0.429. The van der Waals surface area contributed by atoms with Crippen molar-refractivity contribution in [3.8, 4) is 0 Å². The first-order chi connectivity index (χ1) is 9.97. The Labute approximate surface area is 143 Å². The van der Waals surface area contributed by atoms with Gasteiger partial charge in [0.25, 0.3) is 0 Å². The predicted molar refractivity (Wildman–Crippen MR) is 92.2 cm³/mol. The summed E-state index contributed by atoms with van der Waals surface area (Å²) in [5.74, 6) is 0. The van der Waals surface area contributed by atoms with E-state index in [-0.39, 0.29) is 0 Å². The van der Waals surface area contributed by atoms with Crippen molar-refractivity contribution in [2.24, 2.45) is 0 Å². The monoisotopic (exact) mass is 364 g/mol. The third kappa shape index (κ3) is 6.02. The second-order valence-corrected chi connectivity index (χ2v) is 5.40. The molecule has 0 aliphatic heterocycles. The van der Waals surface area contributed by atoms with Crippen molar-refractivity contribution in [3.63, 3.8) is 0 Å². The van der Waals surface area contributed by atoms with E-state index in [4.69, 9.17) is 46.4 Å². The molecule has 0 unspecified atom stereocenters. The molecule has 7 heteroatoms. The molecule has 0 aromatic heterocycles. The van der Waals surface area contributed by atoms with E-state index < -0.39 is 0 Å². The molecule has 0 radical (unpaired) electrons. The normalized spacial score (nSPS) is 9.38. The van der Waals surface area contributed by atoms with Gasteiger partial charge in [-0.15, -0.1) is 0 Å². The van der Waals surface area contributed by atoms with E-state index in [0.717, 1.165) is 5.69 Å². The summed E-state index contributed by atoms with van der Waals surface area (Å²) in [4.78, 5) is 9.98. The second kappa shape index (κ2) is 9.00. The van der Waals surface area contributed by atoms with E-state index in [0.29, 0.717) is 32.2 Å². The number of nitrogens with one attached hydrogen (secondary N) is 2. The molecule has 21 heavy (non-hydrogen) atoms. The summed E-state index contributed by atoms with van der Waals surface area (Å²) < 4.78 is 0. The van der Waals surface area contributed by atoms with Gasteiger partial charge in [-0.3, -0.25) is 4.79 Å². The number of rotatable bonds is 3. The van der Waals surface area contributed by atoms with Crippen LogP contribution in [0.25, 0.3) is 0 Å². The number of benzene rings is 2. The Morgan fingerprint density at radius 2 is 1.29 bits per heavy atom. The Kier molecular flexibility index (Phi) is 7.68. The van der Waals surface area contributed by atoms with Gasteiger partial charge in [0.05, 0.1) is 20.1 Å². The third-order valence-electron chi connectivity index (χ3n) is 2.35. The molecule has 3 nitrogen and oxygen atoms in total. The number of halogens is 4. The van der Waals surface area contributed by atoms with Crippen LogP contribution in [-0.2, 0) is 4.79 Å². The van der Waals surface area contributed by atoms with Crippen molar-refractivity contribution >= 4 is 64.2 Å². The van der Waals surface area contributed by atoms with Gasteiger partial charge in [-0.2, -0.15) is 0 Å². The number of hydrogen-bond donors (Lipinski definition) is 2. The lowest BCUT2D eigenvalue weighted by Crippen LogP contribution is -1.92. The van der Waals surface area contributed by atoms with E-state index in [1.165, 1.54) is 0 Å². The van der Waals surface area contributed by atoms with Crippen LogP contribution in [0.2, 0.25) is 20.1 Å². The highest BCUT2D eigenvalue weighted by Gasteiger charge is 1.97. The molecule has 2 N–H and O–H groups in total. The fraction of sp³-hybridized carbons (Fsp3) is 0.0714.